The molecule has 146 valence electrons. The van der Waals surface area contributed by atoms with Crippen LogP contribution in [0.15, 0.2) is 36.5 Å². The molecule has 0 spiro atoms. The predicted octanol–water partition coefficient (Wildman–Crippen LogP) is 2.67. The Balaban J connectivity index is 1.34. The third kappa shape index (κ3) is 3.45. The maximum absolute atomic E-state index is 12.5. The molecule has 2 amide bonds. The van der Waals surface area contributed by atoms with Crippen LogP contribution in [0.3, 0.4) is 0 Å². The molecule has 2 aromatic heterocycles. The molecule has 1 fully saturated rings. The van der Waals surface area contributed by atoms with Gasteiger partial charge in [-0.25, -0.2) is 4.79 Å². The molecule has 1 aromatic carbocycles. The van der Waals surface area contributed by atoms with Crippen molar-refractivity contribution >= 4 is 6.03 Å². The minimum absolute atomic E-state index is 0.0698. The van der Waals surface area contributed by atoms with Gasteiger partial charge in [0, 0.05) is 36.5 Å². The first-order valence-corrected chi connectivity index (χ1v) is 9.27. The molecular formula is C20H24N6O2. The molecule has 4 rings (SSSR count). The number of carbonyl (C=O) groups is 1. The number of benzene rings is 1. The van der Waals surface area contributed by atoms with E-state index in [9.17, 15) is 4.79 Å². The third-order valence-corrected chi connectivity index (χ3v) is 5.07. The lowest BCUT2D eigenvalue weighted by atomic mass is 10.1. The van der Waals surface area contributed by atoms with Crippen LogP contribution >= 0.6 is 0 Å². The van der Waals surface area contributed by atoms with E-state index in [-0.39, 0.29) is 12.1 Å². The van der Waals surface area contributed by atoms with E-state index in [2.05, 4.69) is 26.7 Å². The summed E-state index contributed by atoms with van der Waals surface area (Å²) in [6, 6.07) is 9.97. The van der Waals surface area contributed by atoms with Crippen molar-refractivity contribution in [2.45, 2.75) is 26.4 Å². The van der Waals surface area contributed by atoms with Crippen LogP contribution in [0.2, 0.25) is 0 Å². The SMILES string of the molecule is COc1ccc(-c2[nH]ncc2CNC(=O)N2CC(n3nc(C)cc3C)C2)cc1. The third-order valence-electron chi connectivity index (χ3n) is 5.07. The van der Waals surface area contributed by atoms with E-state index >= 15 is 0 Å². The highest BCUT2D eigenvalue weighted by Gasteiger charge is 2.33. The number of hydrogen-bond donors (Lipinski definition) is 2. The fraction of sp³-hybridized carbons (Fsp3) is 0.350. The van der Waals surface area contributed by atoms with E-state index in [0.29, 0.717) is 19.6 Å². The first-order chi connectivity index (χ1) is 13.5. The number of nitrogens with zero attached hydrogens (tertiary/aromatic N) is 4. The molecule has 3 heterocycles. The highest BCUT2D eigenvalue weighted by molar-refractivity contribution is 5.75. The number of likely N-dealkylation sites (tertiary alicyclic amines) is 1. The van der Waals surface area contributed by atoms with Crippen LogP contribution < -0.4 is 10.1 Å². The number of methoxy groups -OCH3 is 1. The fourth-order valence-corrected chi connectivity index (χ4v) is 3.53. The maximum atomic E-state index is 12.5. The van der Waals surface area contributed by atoms with Gasteiger partial charge in [-0.2, -0.15) is 10.2 Å². The molecule has 0 atom stereocenters. The van der Waals surface area contributed by atoms with Crippen LogP contribution in [0.4, 0.5) is 4.79 Å². The van der Waals surface area contributed by atoms with Gasteiger partial charge in [0.1, 0.15) is 5.75 Å². The molecular weight excluding hydrogens is 356 g/mol. The van der Waals surface area contributed by atoms with Crippen molar-refractivity contribution in [1.82, 2.24) is 30.2 Å². The van der Waals surface area contributed by atoms with Gasteiger partial charge in [-0.1, -0.05) is 0 Å². The topological polar surface area (TPSA) is 88.1 Å². The zero-order valence-electron chi connectivity index (χ0n) is 16.3. The van der Waals surface area contributed by atoms with Gasteiger partial charge in [-0.05, 0) is 44.2 Å². The molecule has 0 aliphatic carbocycles. The standard InChI is InChI=1S/C20H24N6O2/c1-13-8-14(2)26(24-13)17-11-25(12-17)20(27)21-9-16-10-22-23-19(16)15-4-6-18(28-3)7-5-15/h4-8,10,17H,9,11-12H2,1-3H3,(H,21,27)(H,22,23). The smallest absolute Gasteiger partial charge is 0.317 e. The first-order valence-electron chi connectivity index (χ1n) is 9.27. The summed E-state index contributed by atoms with van der Waals surface area (Å²) in [5.41, 5.74) is 4.97. The number of urea groups is 1. The van der Waals surface area contributed by atoms with Gasteiger partial charge < -0.3 is 15.0 Å². The van der Waals surface area contributed by atoms with Crippen LogP contribution in [-0.4, -0.2) is 51.1 Å². The van der Waals surface area contributed by atoms with E-state index in [4.69, 9.17) is 4.74 Å². The Bertz CT molecular complexity index is 969. The number of carbonyl (C=O) groups excluding carboxylic acids is 1. The van der Waals surface area contributed by atoms with E-state index < -0.39 is 0 Å². The molecule has 1 aliphatic rings. The zero-order chi connectivity index (χ0) is 19.7. The summed E-state index contributed by atoms with van der Waals surface area (Å²) in [7, 11) is 1.64. The van der Waals surface area contributed by atoms with Crippen molar-refractivity contribution in [3.05, 3.63) is 53.5 Å². The Hall–Kier alpha value is -3.29. The molecule has 2 N–H and O–H groups in total. The summed E-state index contributed by atoms with van der Waals surface area (Å²) in [6.45, 7) is 5.78. The van der Waals surface area contributed by atoms with Crippen LogP contribution in [0.5, 0.6) is 5.75 Å². The van der Waals surface area contributed by atoms with Gasteiger partial charge in [0.15, 0.2) is 0 Å². The normalized spacial score (nSPS) is 14.0. The summed E-state index contributed by atoms with van der Waals surface area (Å²) in [5.74, 6) is 0.799. The second kappa shape index (κ2) is 7.38. The summed E-state index contributed by atoms with van der Waals surface area (Å²) < 4.78 is 7.21. The number of aromatic amines is 1. The minimum Gasteiger partial charge on any atom is -0.497 e. The number of aryl methyl sites for hydroxylation is 2. The van der Waals surface area contributed by atoms with Crippen LogP contribution in [0.25, 0.3) is 11.3 Å². The fourth-order valence-electron chi connectivity index (χ4n) is 3.53. The summed E-state index contributed by atoms with van der Waals surface area (Å²) in [6.07, 6.45) is 1.74. The number of hydrogen-bond acceptors (Lipinski definition) is 4. The van der Waals surface area contributed by atoms with Crippen LogP contribution in [0.1, 0.15) is 23.0 Å². The molecule has 0 radical (unpaired) electrons. The molecule has 1 aliphatic heterocycles. The van der Waals surface area contributed by atoms with E-state index in [1.165, 1.54) is 0 Å². The molecule has 8 nitrogen and oxygen atoms in total. The Kier molecular flexibility index (Phi) is 4.77. The van der Waals surface area contributed by atoms with Gasteiger partial charge in [-0.3, -0.25) is 9.78 Å². The van der Waals surface area contributed by atoms with Crippen molar-refractivity contribution in [1.29, 1.82) is 0 Å². The highest BCUT2D eigenvalue weighted by atomic mass is 16.5. The van der Waals surface area contributed by atoms with Crippen LogP contribution in [-0.2, 0) is 6.54 Å². The number of aromatic nitrogens is 4. The molecule has 28 heavy (non-hydrogen) atoms. The second-order valence-corrected chi connectivity index (χ2v) is 7.09. The Morgan fingerprint density at radius 1 is 1.29 bits per heavy atom. The quantitative estimate of drug-likeness (QED) is 0.712. The van der Waals surface area contributed by atoms with E-state index in [1.54, 1.807) is 18.2 Å². The Labute approximate surface area is 163 Å². The number of rotatable bonds is 5. The lowest BCUT2D eigenvalue weighted by Gasteiger charge is -2.39. The van der Waals surface area contributed by atoms with Gasteiger partial charge in [0.25, 0.3) is 0 Å². The van der Waals surface area contributed by atoms with Gasteiger partial charge in [-0.15, -0.1) is 0 Å². The number of amides is 2. The number of nitrogens with one attached hydrogen (secondary N) is 2. The van der Waals surface area contributed by atoms with Crippen molar-refractivity contribution in [2.75, 3.05) is 20.2 Å². The van der Waals surface area contributed by atoms with Crippen molar-refractivity contribution < 1.29 is 9.53 Å². The monoisotopic (exact) mass is 380 g/mol. The maximum Gasteiger partial charge on any atom is 0.317 e. The lowest BCUT2D eigenvalue weighted by molar-refractivity contribution is 0.117. The van der Waals surface area contributed by atoms with Gasteiger partial charge in [0.2, 0.25) is 0 Å². The van der Waals surface area contributed by atoms with Crippen LogP contribution in [0, 0.1) is 13.8 Å². The molecule has 0 bridgehead atoms. The summed E-state index contributed by atoms with van der Waals surface area (Å²) in [5, 5.41) is 14.6. The van der Waals surface area contributed by atoms with Crippen molar-refractivity contribution in [2.24, 2.45) is 0 Å². The van der Waals surface area contributed by atoms with E-state index in [0.717, 1.165) is 34.0 Å². The number of ether oxygens (including phenoxy) is 1. The molecule has 0 saturated carbocycles. The average molecular weight is 380 g/mol. The number of H-pyrrole nitrogens is 1. The molecule has 8 heteroatoms. The Morgan fingerprint density at radius 2 is 2.04 bits per heavy atom. The summed E-state index contributed by atoms with van der Waals surface area (Å²) in [4.78, 5) is 14.3. The van der Waals surface area contributed by atoms with E-state index in [1.807, 2.05) is 42.8 Å². The van der Waals surface area contributed by atoms with Gasteiger partial charge >= 0.3 is 6.03 Å². The Morgan fingerprint density at radius 3 is 2.68 bits per heavy atom. The first kappa shape index (κ1) is 18.1. The predicted molar refractivity (Wildman–Crippen MR) is 105 cm³/mol. The molecule has 3 aromatic rings. The molecule has 0 unspecified atom stereocenters. The second-order valence-electron chi connectivity index (χ2n) is 7.09. The molecule has 1 saturated heterocycles. The zero-order valence-corrected chi connectivity index (χ0v) is 16.3. The van der Waals surface area contributed by atoms with Gasteiger partial charge in [0.05, 0.1) is 30.7 Å². The van der Waals surface area contributed by atoms with Crippen molar-refractivity contribution in [3.8, 4) is 17.0 Å². The minimum atomic E-state index is -0.0698. The highest BCUT2D eigenvalue weighted by Crippen LogP contribution is 2.25. The average Bonchev–Trinajstić information content (AvgIpc) is 3.25. The lowest BCUT2D eigenvalue weighted by Crippen LogP contribution is -2.54. The largest absolute Gasteiger partial charge is 0.497 e. The summed E-state index contributed by atoms with van der Waals surface area (Å²) >= 11 is 0. The van der Waals surface area contributed by atoms with Crippen molar-refractivity contribution in [3.63, 3.8) is 0 Å².